The van der Waals surface area contributed by atoms with E-state index in [0.29, 0.717) is 12.1 Å². The van der Waals surface area contributed by atoms with Gasteiger partial charge in [-0.2, -0.15) is 0 Å². The highest BCUT2D eigenvalue weighted by Gasteiger charge is 2.28. The first-order valence-electron chi connectivity index (χ1n) is 7.20. The van der Waals surface area contributed by atoms with Crippen LogP contribution < -0.4 is 5.32 Å². The molecule has 0 aromatic carbocycles. The van der Waals surface area contributed by atoms with Crippen LogP contribution in [0.4, 0.5) is 0 Å². The molecule has 1 heterocycles. The summed E-state index contributed by atoms with van der Waals surface area (Å²) in [4.78, 5) is 2.43. The predicted molar refractivity (Wildman–Crippen MR) is 73.3 cm³/mol. The van der Waals surface area contributed by atoms with Crippen LogP contribution >= 0.6 is 0 Å². The standard InChI is InChI=1S/C14H30N2O/c1-5-14(17,6-2)11-16(12(3)4)10-13-8-7-9-15-13/h12-13,15,17H,5-11H2,1-4H3. The number of nitrogens with one attached hydrogen (secondary N) is 1. The average molecular weight is 242 g/mol. The first kappa shape index (κ1) is 14.9. The zero-order valence-corrected chi connectivity index (χ0v) is 12.0. The maximum atomic E-state index is 10.5. The number of hydrogen-bond donors (Lipinski definition) is 2. The minimum absolute atomic E-state index is 0.502. The smallest absolute Gasteiger partial charge is 0.0769 e. The minimum Gasteiger partial charge on any atom is -0.389 e. The summed E-state index contributed by atoms with van der Waals surface area (Å²) < 4.78 is 0. The van der Waals surface area contributed by atoms with E-state index in [1.54, 1.807) is 0 Å². The lowest BCUT2D eigenvalue weighted by Gasteiger charge is -2.36. The maximum absolute atomic E-state index is 10.5. The third kappa shape index (κ3) is 4.57. The van der Waals surface area contributed by atoms with Gasteiger partial charge < -0.3 is 10.4 Å². The fourth-order valence-corrected chi connectivity index (χ4v) is 2.51. The van der Waals surface area contributed by atoms with Crippen molar-refractivity contribution in [2.24, 2.45) is 0 Å². The van der Waals surface area contributed by atoms with E-state index in [1.807, 2.05) is 0 Å². The fraction of sp³-hybridized carbons (Fsp3) is 1.00. The molecule has 0 saturated carbocycles. The summed E-state index contributed by atoms with van der Waals surface area (Å²) in [7, 11) is 0. The van der Waals surface area contributed by atoms with E-state index >= 15 is 0 Å². The van der Waals surface area contributed by atoms with Gasteiger partial charge in [0.05, 0.1) is 5.60 Å². The molecule has 1 fully saturated rings. The zero-order valence-electron chi connectivity index (χ0n) is 12.0. The number of nitrogens with zero attached hydrogens (tertiary/aromatic N) is 1. The molecule has 1 aliphatic heterocycles. The van der Waals surface area contributed by atoms with E-state index in [-0.39, 0.29) is 0 Å². The van der Waals surface area contributed by atoms with Crippen molar-refractivity contribution in [2.75, 3.05) is 19.6 Å². The van der Waals surface area contributed by atoms with Crippen LogP contribution in [0.5, 0.6) is 0 Å². The average Bonchev–Trinajstić information content (AvgIpc) is 2.80. The Morgan fingerprint density at radius 2 is 2.00 bits per heavy atom. The Hall–Kier alpha value is -0.120. The molecule has 1 unspecified atom stereocenters. The molecular formula is C14H30N2O. The monoisotopic (exact) mass is 242 g/mol. The van der Waals surface area contributed by atoms with Crippen molar-refractivity contribution in [3.8, 4) is 0 Å². The molecule has 0 spiro atoms. The summed E-state index contributed by atoms with van der Waals surface area (Å²) in [5.74, 6) is 0. The second kappa shape index (κ2) is 6.72. The van der Waals surface area contributed by atoms with Crippen LogP contribution in [0.1, 0.15) is 53.4 Å². The third-order valence-corrected chi connectivity index (χ3v) is 4.16. The van der Waals surface area contributed by atoms with E-state index in [2.05, 4.69) is 37.9 Å². The van der Waals surface area contributed by atoms with Crippen molar-refractivity contribution in [3.05, 3.63) is 0 Å². The minimum atomic E-state index is -0.511. The highest BCUT2D eigenvalue weighted by molar-refractivity contribution is 4.85. The van der Waals surface area contributed by atoms with E-state index in [1.165, 1.54) is 12.8 Å². The van der Waals surface area contributed by atoms with Crippen molar-refractivity contribution in [1.29, 1.82) is 0 Å². The molecule has 1 atom stereocenters. The molecule has 3 heteroatoms. The van der Waals surface area contributed by atoms with Gasteiger partial charge >= 0.3 is 0 Å². The fourth-order valence-electron chi connectivity index (χ4n) is 2.51. The highest BCUT2D eigenvalue weighted by atomic mass is 16.3. The normalized spacial score (nSPS) is 21.7. The van der Waals surface area contributed by atoms with Gasteiger partial charge in [0.1, 0.15) is 0 Å². The first-order valence-corrected chi connectivity index (χ1v) is 7.20. The van der Waals surface area contributed by atoms with Crippen molar-refractivity contribution in [3.63, 3.8) is 0 Å². The zero-order chi connectivity index (χ0) is 12.9. The first-order chi connectivity index (χ1) is 8.00. The van der Waals surface area contributed by atoms with Gasteiger partial charge in [0.15, 0.2) is 0 Å². The SMILES string of the molecule is CCC(O)(CC)CN(CC1CCCN1)C(C)C. The van der Waals surface area contributed by atoms with E-state index < -0.39 is 5.60 Å². The molecule has 2 N–H and O–H groups in total. The van der Waals surface area contributed by atoms with Crippen LogP contribution in [0.25, 0.3) is 0 Å². The molecule has 0 bridgehead atoms. The Labute approximate surface area is 107 Å². The van der Waals surface area contributed by atoms with Crippen LogP contribution in [0.2, 0.25) is 0 Å². The molecule has 1 rings (SSSR count). The van der Waals surface area contributed by atoms with Crippen molar-refractivity contribution >= 4 is 0 Å². The van der Waals surface area contributed by atoms with Crippen molar-refractivity contribution < 1.29 is 5.11 Å². The predicted octanol–water partition coefficient (Wildman–Crippen LogP) is 2.00. The molecule has 0 radical (unpaired) electrons. The molecule has 102 valence electrons. The number of rotatable bonds is 7. The van der Waals surface area contributed by atoms with Gasteiger partial charge in [-0.1, -0.05) is 13.8 Å². The van der Waals surface area contributed by atoms with Gasteiger partial charge in [-0.3, -0.25) is 4.90 Å². The summed E-state index contributed by atoms with van der Waals surface area (Å²) in [6, 6.07) is 1.12. The number of hydrogen-bond acceptors (Lipinski definition) is 3. The molecule has 0 aromatic heterocycles. The second-order valence-electron chi connectivity index (χ2n) is 5.75. The highest BCUT2D eigenvalue weighted by Crippen LogP contribution is 2.19. The van der Waals surface area contributed by atoms with Crippen LogP contribution in [0.3, 0.4) is 0 Å². The lowest BCUT2D eigenvalue weighted by atomic mass is 9.96. The van der Waals surface area contributed by atoms with Crippen LogP contribution in [0.15, 0.2) is 0 Å². The summed E-state index contributed by atoms with van der Waals surface area (Å²) >= 11 is 0. The van der Waals surface area contributed by atoms with Gasteiger partial charge in [0.2, 0.25) is 0 Å². The van der Waals surface area contributed by atoms with Crippen molar-refractivity contribution in [1.82, 2.24) is 10.2 Å². The largest absolute Gasteiger partial charge is 0.389 e. The topological polar surface area (TPSA) is 35.5 Å². The van der Waals surface area contributed by atoms with Crippen LogP contribution in [-0.4, -0.2) is 47.3 Å². The maximum Gasteiger partial charge on any atom is 0.0769 e. The van der Waals surface area contributed by atoms with Crippen LogP contribution in [-0.2, 0) is 0 Å². The molecule has 0 aliphatic carbocycles. The molecule has 17 heavy (non-hydrogen) atoms. The molecule has 1 aliphatic rings. The number of aliphatic hydroxyl groups is 1. The molecular weight excluding hydrogens is 212 g/mol. The van der Waals surface area contributed by atoms with E-state index in [4.69, 9.17) is 0 Å². The van der Waals surface area contributed by atoms with Gasteiger partial charge in [-0.05, 0) is 46.1 Å². The summed E-state index contributed by atoms with van der Waals surface area (Å²) in [6.45, 7) is 11.6. The molecule has 3 nitrogen and oxygen atoms in total. The van der Waals surface area contributed by atoms with E-state index in [9.17, 15) is 5.11 Å². The lowest BCUT2D eigenvalue weighted by molar-refractivity contribution is -0.0133. The summed E-state index contributed by atoms with van der Waals surface area (Å²) in [5, 5.41) is 14.0. The summed E-state index contributed by atoms with van der Waals surface area (Å²) in [6.07, 6.45) is 4.25. The van der Waals surface area contributed by atoms with Crippen LogP contribution in [0, 0.1) is 0 Å². The second-order valence-corrected chi connectivity index (χ2v) is 5.75. The van der Waals surface area contributed by atoms with Crippen molar-refractivity contribution in [2.45, 2.75) is 71.1 Å². The Bertz CT molecular complexity index is 208. The van der Waals surface area contributed by atoms with Gasteiger partial charge in [0, 0.05) is 25.2 Å². The van der Waals surface area contributed by atoms with E-state index in [0.717, 1.165) is 32.5 Å². The Morgan fingerprint density at radius 3 is 2.41 bits per heavy atom. The Balaban J connectivity index is 2.52. The Kier molecular flexibility index (Phi) is 5.90. The van der Waals surface area contributed by atoms with Gasteiger partial charge in [0.25, 0.3) is 0 Å². The lowest BCUT2D eigenvalue weighted by Crippen LogP contribution is -2.49. The molecule has 1 saturated heterocycles. The van der Waals surface area contributed by atoms with Gasteiger partial charge in [-0.25, -0.2) is 0 Å². The Morgan fingerprint density at radius 1 is 1.35 bits per heavy atom. The van der Waals surface area contributed by atoms with Gasteiger partial charge in [-0.15, -0.1) is 0 Å². The molecule has 0 aromatic rings. The third-order valence-electron chi connectivity index (χ3n) is 4.16. The molecule has 0 amide bonds. The quantitative estimate of drug-likeness (QED) is 0.717. The summed E-state index contributed by atoms with van der Waals surface area (Å²) in [5.41, 5.74) is -0.511.